The Morgan fingerprint density at radius 1 is 1.38 bits per heavy atom. The van der Waals surface area contributed by atoms with Gasteiger partial charge in [0, 0.05) is 7.05 Å². The molecular weight excluding hydrogens is 329 g/mol. The van der Waals surface area contributed by atoms with Crippen LogP contribution in [0.5, 0.6) is 0 Å². The van der Waals surface area contributed by atoms with Crippen LogP contribution in [0.1, 0.15) is 18.5 Å². The Morgan fingerprint density at radius 2 is 1.96 bits per heavy atom. The first kappa shape index (κ1) is 18.1. The van der Waals surface area contributed by atoms with E-state index in [-0.39, 0.29) is 17.1 Å². The molecule has 3 atom stereocenters. The van der Waals surface area contributed by atoms with Gasteiger partial charge in [0.25, 0.3) is 5.72 Å². The third-order valence-electron chi connectivity index (χ3n) is 3.98. The first-order valence-corrected chi connectivity index (χ1v) is 7.19. The van der Waals surface area contributed by atoms with Crippen molar-refractivity contribution < 1.29 is 32.6 Å². The summed E-state index contributed by atoms with van der Waals surface area (Å²) in [6.45, 7) is 1.27. The standard InChI is InChI=1S/C15H17F3N2O4/c1-3-24-12(21)10-11(9-7-5-4-6-8-9)19-13(22)20(2)14(10,23)15(16,17)18/h4-8,10-11,23H,3H2,1-2H3,(H,19,22)/t10-,11+,14+/m0/s1. The van der Waals surface area contributed by atoms with Crippen LogP contribution < -0.4 is 5.32 Å². The van der Waals surface area contributed by atoms with Crippen LogP contribution >= 0.6 is 0 Å². The molecule has 1 aliphatic rings. The molecule has 6 nitrogen and oxygen atoms in total. The van der Waals surface area contributed by atoms with Gasteiger partial charge in [-0.2, -0.15) is 13.2 Å². The number of halogens is 3. The molecule has 0 radical (unpaired) electrons. The Morgan fingerprint density at radius 3 is 2.46 bits per heavy atom. The third kappa shape index (κ3) is 2.79. The van der Waals surface area contributed by atoms with Crippen LogP contribution in [0.15, 0.2) is 30.3 Å². The third-order valence-corrected chi connectivity index (χ3v) is 3.98. The molecule has 0 aliphatic carbocycles. The summed E-state index contributed by atoms with van der Waals surface area (Å²) >= 11 is 0. The Kier molecular flexibility index (Phi) is 4.75. The lowest BCUT2D eigenvalue weighted by Crippen LogP contribution is -2.73. The Labute approximate surface area is 136 Å². The van der Waals surface area contributed by atoms with Gasteiger partial charge in [0.15, 0.2) is 0 Å². The van der Waals surface area contributed by atoms with Crippen LogP contribution in [0.2, 0.25) is 0 Å². The molecule has 1 aromatic rings. The maximum atomic E-state index is 13.6. The van der Waals surface area contributed by atoms with Crippen molar-refractivity contribution in [3.63, 3.8) is 0 Å². The highest BCUT2D eigenvalue weighted by atomic mass is 19.4. The Bertz CT molecular complexity index is 623. The molecule has 0 aromatic heterocycles. The minimum atomic E-state index is -5.26. The zero-order chi connectivity index (χ0) is 18.1. The zero-order valence-electron chi connectivity index (χ0n) is 13.0. The van der Waals surface area contributed by atoms with E-state index in [2.05, 4.69) is 5.32 Å². The number of aliphatic hydroxyl groups is 1. The number of carbonyl (C=O) groups excluding carboxylic acids is 2. The molecule has 9 heteroatoms. The predicted molar refractivity (Wildman–Crippen MR) is 76.6 cm³/mol. The van der Waals surface area contributed by atoms with E-state index in [0.717, 1.165) is 7.05 Å². The molecule has 1 fully saturated rings. The van der Waals surface area contributed by atoms with E-state index in [9.17, 15) is 27.9 Å². The molecule has 0 unspecified atom stereocenters. The van der Waals surface area contributed by atoms with Gasteiger partial charge in [-0.05, 0) is 12.5 Å². The van der Waals surface area contributed by atoms with Gasteiger partial charge in [-0.15, -0.1) is 0 Å². The highest BCUT2D eigenvalue weighted by Crippen LogP contribution is 2.46. The van der Waals surface area contributed by atoms with Gasteiger partial charge >= 0.3 is 18.2 Å². The molecule has 0 bridgehead atoms. The van der Waals surface area contributed by atoms with E-state index >= 15 is 0 Å². The molecule has 1 saturated heterocycles. The number of hydrogen-bond donors (Lipinski definition) is 2. The van der Waals surface area contributed by atoms with Crippen molar-refractivity contribution >= 4 is 12.0 Å². The lowest BCUT2D eigenvalue weighted by molar-refractivity contribution is -0.328. The van der Waals surface area contributed by atoms with Crippen molar-refractivity contribution in [2.45, 2.75) is 24.9 Å². The van der Waals surface area contributed by atoms with Gasteiger partial charge in [0.1, 0.15) is 5.92 Å². The number of amides is 2. The van der Waals surface area contributed by atoms with E-state index in [0.29, 0.717) is 0 Å². The van der Waals surface area contributed by atoms with Gasteiger partial charge in [-0.1, -0.05) is 30.3 Å². The summed E-state index contributed by atoms with van der Waals surface area (Å²) < 4.78 is 45.6. The largest absolute Gasteiger partial charge is 0.466 e. The number of rotatable bonds is 3. The van der Waals surface area contributed by atoms with Crippen molar-refractivity contribution in [2.75, 3.05) is 13.7 Å². The SMILES string of the molecule is CCOC(=O)[C@@H]1[C@@H](c2ccccc2)NC(=O)N(C)[C@]1(O)C(F)(F)F. The normalized spacial score (nSPS) is 27.6. The lowest BCUT2D eigenvalue weighted by Gasteiger charge is -2.49. The van der Waals surface area contributed by atoms with Crippen LogP contribution in [-0.2, 0) is 9.53 Å². The fourth-order valence-electron chi connectivity index (χ4n) is 2.74. The highest BCUT2D eigenvalue weighted by Gasteiger charge is 2.69. The monoisotopic (exact) mass is 346 g/mol. The van der Waals surface area contributed by atoms with Crippen molar-refractivity contribution in [1.29, 1.82) is 0 Å². The number of nitrogens with one attached hydrogen (secondary N) is 1. The Hall–Kier alpha value is -2.29. The molecule has 2 rings (SSSR count). The van der Waals surface area contributed by atoms with Crippen LogP contribution in [0.4, 0.5) is 18.0 Å². The first-order valence-electron chi connectivity index (χ1n) is 7.19. The molecule has 1 aliphatic heterocycles. The number of urea groups is 1. The van der Waals surface area contributed by atoms with Gasteiger partial charge < -0.3 is 15.2 Å². The van der Waals surface area contributed by atoms with E-state index in [1.165, 1.54) is 19.1 Å². The fourth-order valence-corrected chi connectivity index (χ4v) is 2.74. The molecule has 132 valence electrons. The van der Waals surface area contributed by atoms with Crippen molar-refractivity contribution in [3.8, 4) is 0 Å². The number of esters is 1. The summed E-state index contributed by atoms with van der Waals surface area (Å²) in [5.41, 5.74) is -3.44. The maximum Gasteiger partial charge on any atom is 0.437 e. The summed E-state index contributed by atoms with van der Waals surface area (Å²) in [5.74, 6) is -3.33. The predicted octanol–water partition coefficient (Wildman–Crippen LogP) is 1.81. The van der Waals surface area contributed by atoms with Crippen LogP contribution in [-0.4, -0.2) is 47.6 Å². The first-order chi connectivity index (χ1) is 11.1. The number of nitrogens with zero attached hydrogens (tertiary/aromatic N) is 1. The zero-order valence-corrected chi connectivity index (χ0v) is 13.0. The summed E-state index contributed by atoms with van der Waals surface area (Å²) in [7, 11) is 0.774. The minimum absolute atomic E-state index is 0.0774. The molecule has 0 saturated carbocycles. The van der Waals surface area contributed by atoms with Gasteiger partial charge in [0.2, 0.25) is 0 Å². The van der Waals surface area contributed by atoms with Gasteiger partial charge in [-0.25, -0.2) is 4.79 Å². The fraction of sp³-hybridized carbons (Fsp3) is 0.467. The van der Waals surface area contributed by atoms with E-state index < -0.39 is 35.9 Å². The smallest absolute Gasteiger partial charge is 0.437 e. The summed E-state index contributed by atoms with van der Waals surface area (Å²) in [6, 6.07) is 5.11. The molecule has 24 heavy (non-hydrogen) atoms. The topological polar surface area (TPSA) is 78.9 Å². The maximum absolute atomic E-state index is 13.6. The lowest BCUT2D eigenvalue weighted by atomic mass is 9.81. The molecule has 2 amide bonds. The summed E-state index contributed by atoms with van der Waals surface area (Å²) in [5, 5.41) is 12.7. The van der Waals surface area contributed by atoms with Gasteiger partial charge in [0.05, 0.1) is 12.6 Å². The van der Waals surface area contributed by atoms with Crippen molar-refractivity contribution in [3.05, 3.63) is 35.9 Å². The van der Waals surface area contributed by atoms with Crippen LogP contribution in [0, 0.1) is 5.92 Å². The number of ether oxygens (including phenoxy) is 1. The second-order valence-corrected chi connectivity index (χ2v) is 5.35. The second kappa shape index (κ2) is 6.31. The highest BCUT2D eigenvalue weighted by molar-refractivity contribution is 5.83. The second-order valence-electron chi connectivity index (χ2n) is 5.35. The minimum Gasteiger partial charge on any atom is -0.466 e. The number of alkyl halides is 3. The average molecular weight is 346 g/mol. The quantitative estimate of drug-likeness (QED) is 0.819. The van der Waals surface area contributed by atoms with Crippen LogP contribution in [0.3, 0.4) is 0 Å². The molecule has 1 heterocycles. The van der Waals surface area contributed by atoms with Crippen LogP contribution in [0.25, 0.3) is 0 Å². The molecule has 2 N–H and O–H groups in total. The van der Waals surface area contributed by atoms with E-state index in [4.69, 9.17) is 4.74 Å². The van der Waals surface area contributed by atoms with Crippen molar-refractivity contribution in [1.82, 2.24) is 10.2 Å². The molecule has 1 aromatic carbocycles. The van der Waals surface area contributed by atoms with Crippen molar-refractivity contribution in [2.24, 2.45) is 5.92 Å². The number of benzene rings is 1. The Balaban J connectivity index is 2.61. The summed E-state index contributed by atoms with van der Waals surface area (Å²) in [4.78, 5) is 24.3. The van der Waals surface area contributed by atoms with E-state index in [1.807, 2.05) is 0 Å². The molecule has 0 spiro atoms. The van der Waals surface area contributed by atoms with Gasteiger partial charge in [-0.3, -0.25) is 9.69 Å². The number of carbonyl (C=O) groups is 2. The average Bonchev–Trinajstić information content (AvgIpc) is 2.52. The van der Waals surface area contributed by atoms with E-state index in [1.54, 1.807) is 18.2 Å². The number of hydrogen-bond acceptors (Lipinski definition) is 4. The summed E-state index contributed by atoms with van der Waals surface area (Å²) in [6.07, 6.45) is -5.26. The molecular formula is C15H17F3N2O4.